The summed E-state index contributed by atoms with van der Waals surface area (Å²) >= 11 is 7.54. The zero-order valence-electron chi connectivity index (χ0n) is 12.1. The summed E-state index contributed by atoms with van der Waals surface area (Å²) in [7, 11) is 1.96. The molecule has 1 saturated carbocycles. The lowest BCUT2D eigenvalue weighted by atomic mass is 10.2. The highest BCUT2D eigenvalue weighted by molar-refractivity contribution is 8.00. The van der Waals surface area contributed by atoms with E-state index in [9.17, 15) is 4.79 Å². The van der Waals surface area contributed by atoms with Crippen LogP contribution in [0.4, 0.5) is 0 Å². The molecule has 20 heavy (non-hydrogen) atoms. The third-order valence-corrected chi connectivity index (χ3v) is 5.57. The average Bonchev–Trinajstić information content (AvgIpc) is 2.99. The number of hydrogen-bond donors (Lipinski definition) is 0. The van der Waals surface area contributed by atoms with E-state index in [0.29, 0.717) is 6.04 Å². The molecule has 0 unspecified atom stereocenters. The SMILES string of the molecule is CC[C@@H](Sc1ccc(Cl)cc1)C(=O)N(C)C1CCCC1. The number of benzene rings is 1. The van der Waals surface area contributed by atoms with E-state index in [1.165, 1.54) is 12.8 Å². The summed E-state index contributed by atoms with van der Waals surface area (Å²) in [6.45, 7) is 2.08. The molecule has 1 atom stereocenters. The highest BCUT2D eigenvalue weighted by Crippen LogP contribution is 2.30. The summed E-state index contributed by atoms with van der Waals surface area (Å²) in [5.74, 6) is 0.263. The van der Waals surface area contributed by atoms with Gasteiger partial charge in [0.1, 0.15) is 0 Å². The van der Waals surface area contributed by atoms with Crippen LogP contribution in [-0.4, -0.2) is 29.1 Å². The van der Waals surface area contributed by atoms with Gasteiger partial charge in [0, 0.05) is 23.0 Å². The molecule has 2 nitrogen and oxygen atoms in total. The second kappa shape index (κ2) is 7.37. The maximum absolute atomic E-state index is 12.6. The Labute approximate surface area is 130 Å². The molecule has 0 spiro atoms. The summed E-state index contributed by atoms with van der Waals surface area (Å²) < 4.78 is 0. The third-order valence-electron chi connectivity index (χ3n) is 3.96. The zero-order valence-corrected chi connectivity index (χ0v) is 13.7. The lowest BCUT2D eigenvalue weighted by Crippen LogP contribution is -2.40. The molecule has 2 rings (SSSR count). The van der Waals surface area contributed by atoms with Gasteiger partial charge in [-0.15, -0.1) is 11.8 Å². The predicted molar refractivity (Wildman–Crippen MR) is 86.4 cm³/mol. The first kappa shape index (κ1) is 15.7. The smallest absolute Gasteiger partial charge is 0.236 e. The van der Waals surface area contributed by atoms with Gasteiger partial charge in [-0.3, -0.25) is 4.79 Å². The van der Waals surface area contributed by atoms with Crippen LogP contribution in [0.2, 0.25) is 5.02 Å². The van der Waals surface area contributed by atoms with Gasteiger partial charge >= 0.3 is 0 Å². The van der Waals surface area contributed by atoms with E-state index < -0.39 is 0 Å². The van der Waals surface area contributed by atoms with Gasteiger partial charge in [-0.25, -0.2) is 0 Å². The molecule has 1 aliphatic carbocycles. The minimum Gasteiger partial charge on any atom is -0.342 e. The largest absolute Gasteiger partial charge is 0.342 e. The van der Waals surface area contributed by atoms with Crippen LogP contribution in [0.5, 0.6) is 0 Å². The molecule has 0 saturated heterocycles. The predicted octanol–water partition coefficient (Wildman–Crippen LogP) is 4.61. The second-order valence-electron chi connectivity index (χ2n) is 5.36. The first-order valence-corrected chi connectivity index (χ1v) is 8.56. The number of carbonyl (C=O) groups is 1. The monoisotopic (exact) mass is 311 g/mol. The van der Waals surface area contributed by atoms with E-state index in [-0.39, 0.29) is 11.2 Å². The third kappa shape index (κ3) is 3.92. The fourth-order valence-electron chi connectivity index (χ4n) is 2.68. The molecule has 1 fully saturated rings. The Balaban J connectivity index is 1.99. The van der Waals surface area contributed by atoms with Gasteiger partial charge in [-0.05, 0) is 43.5 Å². The van der Waals surface area contributed by atoms with Crippen LogP contribution in [0.1, 0.15) is 39.0 Å². The first-order chi connectivity index (χ1) is 9.61. The molecular weight excluding hydrogens is 290 g/mol. The van der Waals surface area contributed by atoms with Gasteiger partial charge in [0.15, 0.2) is 0 Å². The van der Waals surface area contributed by atoms with Crippen LogP contribution < -0.4 is 0 Å². The molecule has 110 valence electrons. The molecule has 0 bridgehead atoms. The maximum atomic E-state index is 12.6. The van der Waals surface area contributed by atoms with E-state index >= 15 is 0 Å². The molecular formula is C16H22ClNOS. The van der Waals surface area contributed by atoms with Crippen molar-refractivity contribution in [3.63, 3.8) is 0 Å². The van der Waals surface area contributed by atoms with E-state index in [1.807, 2.05) is 36.2 Å². The molecule has 0 heterocycles. The number of rotatable bonds is 5. The Morgan fingerprint density at radius 1 is 1.35 bits per heavy atom. The van der Waals surface area contributed by atoms with Crippen molar-refractivity contribution in [1.82, 2.24) is 4.90 Å². The van der Waals surface area contributed by atoms with Crippen LogP contribution in [0.15, 0.2) is 29.2 Å². The minimum atomic E-state index is 0.00164. The van der Waals surface area contributed by atoms with Gasteiger partial charge in [0.05, 0.1) is 5.25 Å². The summed E-state index contributed by atoms with van der Waals surface area (Å²) in [5.41, 5.74) is 0. The number of thioether (sulfide) groups is 1. The van der Waals surface area contributed by atoms with Gasteiger partial charge < -0.3 is 4.90 Å². The summed E-state index contributed by atoms with van der Waals surface area (Å²) in [4.78, 5) is 15.7. The van der Waals surface area contributed by atoms with Gasteiger partial charge in [-0.2, -0.15) is 0 Å². The fourth-order valence-corrected chi connectivity index (χ4v) is 3.87. The topological polar surface area (TPSA) is 20.3 Å². The molecule has 1 amide bonds. The molecule has 0 aliphatic heterocycles. The quantitative estimate of drug-likeness (QED) is 0.740. The number of halogens is 1. The van der Waals surface area contributed by atoms with Gasteiger partial charge in [0.2, 0.25) is 5.91 Å². The van der Waals surface area contributed by atoms with Crippen molar-refractivity contribution in [1.29, 1.82) is 0 Å². The minimum absolute atomic E-state index is 0.00164. The molecule has 1 aliphatic rings. The summed E-state index contributed by atoms with van der Waals surface area (Å²) in [6, 6.07) is 8.17. The standard InChI is InChI=1S/C16H22ClNOS/c1-3-15(20-14-10-8-12(17)9-11-14)16(19)18(2)13-6-4-5-7-13/h8-11,13,15H,3-7H2,1-2H3/t15-/m1/s1. The van der Waals surface area contributed by atoms with Crippen LogP contribution >= 0.6 is 23.4 Å². The highest BCUT2D eigenvalue weighted by Gasteiger charge is 2.28. The normalized spacial score (nSPS) is 17.1. The van der Waals surface area contributed by atoms with Gasteiger partial charge in [0.25, 0.3) is 0 Å². The molecule has 0 radical (unpaired) electrons. The average molecular weight is 312 g/mol. The van der Waals surface area contributed by atoms with Crippen LogP contribution in [0.25, 0.3) is 0 Å². The molecule has 4 heteroatoms. The van der Waals surface area contributed by atoms with Crippen molar-refractivity contribution in [2.24, 2.45) is 0 Å². The van der Waals surface area contributed by atoms with Crippen molar-refractivity contribution >= 4 is 29.3 Å². The molecule has 1 aromatic carbocycles. The highest BCUT2D eigenvalue weighted by atomic mass is 35.5. The van der Waals surface area contributed by atoms with Crippen LogP contribution in [0.3, 0.4) is 0 Å². The lowest BCUT2D eigenvalue weighted by molar-refractivity contribution is -0.131. The van der Waals surface area contributed by atoms with Crippen molar-refractivity contribution in [2.75, 3.05) is 7.05 Å². The van der Waals surface area contributed by atoms with Gasteiger partial charge in [-0.1, -0.05) is 31.4 Å². The van der Waals surface area contributed by atoms with Crippen LogP contribution in [-0.2, 0) is 4.79 Å². The number of hydrogen-bond acceptors (Lipinski definition) is 2. The maximum Gasteiger partial charge on any atom is 0.236 e. The fraction of sp³-hybridized carbons (Fsp3) is 0.562. The van der Waals surface area contributed by atoms with Crippen molar-refractivity contribution in [3.05, 3.63) is 29.3 Å². The Bertz CT molecular complexity index is 442. The Kier molecular flexibility index (Phi) is 5.79. The first-order valence-electron chi connectivity index (χ1n) is 7.30. The zero-order chi connectivity index (χ0) is 14.5. The van der Waals surface area contributed by atoms with Crippen molar-refractivity contribution in [2.45, 2.75) is 55.2 Å². The summed E-state index contributed by atoms with van der Waals surface area (Å²) in [6.07, 6.45) is 5.67. The second-order valence-corrected chi connectivity index (χ2v) is 7.07. The molecule has 1 aromatic rings. The van der Waals surface area contributed by atoms with E-state index in [0.717, 1.165) is 29.2 Å². The Morgan fingerprint density at radius 3 is 2.50 bits per heavy atom. The van der Waals surface area contributed by atoms with E-state index in [2.05, 4.69) is 6.92 Å². The summed E-state index contributed by atoms with van der Waals surface area (Å²) in [5, 5.41) is 0.735. The van der Waals surface area contributed by atoms with E-state index in [1.54, 1.807) is 11.8 Å². The lowest BCUT2D eigenvalue weighted by Gasteiger charge is -2.28. The van der Waals surface area contributed by atoms with Crippen molar-refractivity contribution in [3.8, 4) is 0 Å². The Morgan fingerprint density at radius 2 is 1.95 bits per heavy atom. The molecule has 0 aromatic heterocycles. The van der Waals surface area contributed by atoms with Crippen LogP contribution in [0, 0.1) is 0 Å². The number of nitrogens with zero attached hydrogens (tertiary/aromatic N) is 1. The number of amides is 1. The number of carbonyl (C=O) groups excluding carboxylic acids is 1. The van der Waals surface area contributed by atoms with E-state index in [4.69, 9.17) is 11.6 Å². The molecule has 0 N–H and O–H groups in total. The van der Waals surface area contributed by atoms with Crippen molar-refractivity contribution < 1.29 is 4.79 Å². The Hall–Kier alpha value is -0.670.